The molecule has 1 N–H and O–H groups in total. The van der Waals surface area contributed by atoms with Crippen LogP contribution in [0.3, 0.4) is 0 Å². The minimum atomic E-state index is -0.0531. The van der Waals surface area contributed by atoms with Crippen LogP contribution in [0.1, 0.15) is 12.6 Å². The predicted molar refractivity (Wildman–Crippen MR) is 55.0 cm³/mol. The zero-order chi connectivity index (χ0) is 9.84. The first-order valence-electron chi connectivity index (χ1n) is 4.05. The molecule has 0 atom stereocenters. The summed E-state index contributed by atoms with van der Waals surface area (Å²) < 4.78 is 1.70. The van der Waals surface area contributed by atoms with Crippen molar-refractivity contribution in [3.63, 3.8) is 0 Å². The van der Waals surface area contributed by atoms with Crippen molar-refractivity contribution in [1.82, 2.24) is 9.78 Å². The second-order valence-corrected chi connectivity index (χ2v) is 3.26. The van der Waals surface area contributed by atoms with Crippen LogP contribution >= 0.6 is 15.9 Å². The van der Waals surface area contributed by atoms with Gasteiger partial charge in [-0.2, -0.15) is 5.10 Å². The van der Waals surface area contributed by atoms with Crippen LogP contribution in [-0.4, -0.2) is 21.0 Å². The number of carbonyl (C=O) groups excluding carboxylic acids is 1. The topological polar surface area (TPSA) is 46.9 Å². The molecule has 0 spiro atoms. The zero-order valence-corrected chi connectivity index (χ0v) is 9.26. The van der Waals surface area contributed by atoms with Crippen molar-refractivity contribution >= 4 is 27.5 Å². The highest BCUT2D eigenvalue weighted by Crippen LogP contribution is 2.13. The third-order valence-electron chi connectivity index (χ3n) is 1.64. The Morgan fingerprint density at radius 2 is 2.46 bits per heavy atom. The summed E-state index contributed by atoms with van der Waals surface area (Å²) in [6.07, 6.45) is 2.62. The Morgan fingerprint density at radius 1 is 1.77 bits per heavy atom. The van der Waals surface area contributed by atoms with Crippen molar-refractivity contribution in [2.24, 2.45) is 7.05 Å². The summed E-state index contributed by atoms with van der Waals surface area (Å²) in [5.74, 6) is -0.0531. The standard InChI is InChI=1S/C8H12BrN3O/c1-3-6-7(5-12(2)11-6)10-8(13)4-9/h5H,3-4H2,1-2H3,(H,10,13). The number of nitrogens with zero attached hydrogens (tertiary/aromatic N) is 2. The van der Waals surface area contributed by atoms with Crippen molar-refractivity contribution in [2.45, 2.75) is 13.3 Å². The Kier molecular flexibility index (Phi) is 3.48. The molecule has 0 aliphatic carbocycles. The number of aryl methyl sites for hydroxylation is 2. The van der Waals surface area contributed by atoms with Crippen LogP contribution in [0.5, 0.6) is 0 Å². The van der Waals surface area contributed by atoms with Gasteiger partial charge in [-0.05, 0) is 6.42 Å². The number of aromatic nitrogens is 2. The summed E-state index contributed by atoms with van der Waals surface area (Å²) in [7, 11) is 1.84. The molecule has 0 aliphatic rings. The molecule has 1 rings (SSSR count). The number of amides is 1. The quantitative estimate of drug-likeness (QED) is 0.817. The van der Waals surface area contributed by atoms with Gasteiger partial charge in [-0.3, -0.25) is 9.48 Å². The predicted octanol–water partition coefficient (Wildman–Crippen LogP) is 1.32. The van der Waals surface area contributed by atoms with E-state index in [0.717, 1.165) is 17.8 Å². The molecule has 4 nitrogen and oxygen atoms in total. The van der Waals surface area contributed by atoms with Crippen LogP contribution in [0, 0.1) is 0 Å². The third-order valence-corrected chi connectivity index (χ3v) is 2.14. The normalized spacial score (nSPS) is 10.1. The van der Waals surface area contributed by atoms with E-state index in [1.54, 1.807) is 10.9 Å². The minimum Gasteiger partial charge on any atom is -0.322 e. The highest BCUT2D eigenvalue weighted by Gasteiger charge is 2.07. The molecule has 0 radical (unpaired) electrons. The summed E-state index contributed by atoms with van der Waals surface area (Å²) in [4.78, 5) is 11.1. The second kappa shape index (κ2) is 4.41. The number of hydrogen-bond donors (Lipinski definition) is 1. The van der Waals surface area contributed by atoms with Gasteiger partial charge >= 0.3 is 0 Å². The summed E-state index contributed by atoms with van der Waals surface area (Å²) in [6.45, 7) is 2.01. The summed E-state index contributed by atoms with van der Waals surface area (Å²) in [6, 6.07) is 0. The second-order valence-electron chi connectivity index (χ2n) is 2.70. The van der Waals surface area contributed by atoms with Crippen LogP contribution in [-0.2, 0) is 18.3 Å². The fourth-order valence-corrected chi connectivity index (χ4v) is 1.22. The summed E-state index contributed by atoms with van der Waals surface area (Å²) in [5.41, 5.74) is 1.71. The Hall–Kier alpha value is -0.840. The minimum absolute atomic E-state index is 0.0531. The monoisotopic (exact) mass is 245 g/mol. The number of rotatable bonds is 3. The smallest absolute Gasteiger partial charge is 0.235 e. The lowest BCUT2D eigenvalue weighted by atomic mass is 10.3. The Balaban J connectivity index is 2.80. The van der Waals surface area contributed by atoms with Crippen LogP contribution in [0.25, 0.3) is 0 Å². The van der Waals surface area contributed by atoms with E-state index < -0.39 is 0 Å². The molecule has 0 bridgehead atoms. The van der Waals surface area contributed by atoms with Gasteiger partial charge in [-0.1, -0.05) is 22.9 Å². The lowest BCUT2D eigenvalue weighted by Gasteiger charge is -2.00. The molecule has 13 heavy (non-hydrogen) atoms. The molecule has 1 aromatic rings. The van der Waals surface area contributed by atoms with E-state index in [1.165, 1.54) is 0 Å². The van der Waals surface area contributed by atoms with E-state index >= 15 is 0 Å². The van der Waals surface area contributed by atoms with Gasteiger partial charge in [0, 0.05) is 13.2 Å². The van der Waals surface area contributed by atoms with Crippen LogP contribution in [0.4, 0.5) is 5.69 Å². The molecule has 1 heterocycles. The molecule has 0 fully saturated rings. The summed E-state index contributed by atoms with van der Waals surface area (Å²) >= 11 is 3.09. The fourth-order valence-electron chi connectivity index (χ4n) is 1.08. The molecule has 0 aromatic carbocycles. The SMILES string of the molecule is CCc1nn(C)cc1NC(=O)CBr. The van der Waals surface area contributed by atoms with Crippen LogP contribution in [0.2, 0.25) is 0 Å². The number of carbonyl (C=O) groups is 1. The Bertz CT molecular complexity index is 308. The average molecular weight is 246 g/mol. The van der Waals surface area contributed by atoms with E-state index in [4.69, 9.17) is 0 Å². The first-order chi connectivity index (χ1) is 6.17. The van der Waals surface area contributed by atoms with Crippen molar-refractivity contribution in [3.05, 3.63) is 11.9 Å². The largest absolute Gasteiger partial charge is 0.322 e. The molecule has 5 heteroatoms. The van der Waals surface area contributed by atoms with Gasteiger partial charge in [-0.25, -0.2) is 0 Å². The Labute approximate surface area is 85.4 Å². The lowest BCUT2D eigenvalue weighted by Crippen LogP contribution is -2.12. The first kappa shape index (κ1) is 10.2. The first-order valence-corrected chi connectivity index (χ1v) is 5.17. The van der Waals surface area contributed by atoms with Crippen LogP contribution < -0.4 is 5.32 Å². The zero-order valence-electron chi connectivity index (χ0n) is 7.67. The van der Waals surface area contributed by atoms with Gasteiger partial charge < -0.3 is 5.32 Å². The average Bonchev–Trinajstić information content (AvgIpc) is 2.46. The van der Waals surface area contributed by atoms with E-state index in [0.29, 0.717) is 5.33 Å². The van der Waals surface area contributed by atoms with E-state index in [9.17, 15) is 4.79 Å². The van der Waals surface area contributed by atoms with Crippen molar-refractivity contribution < 1.29 is 4.79 Å². The highest BCUT2D eigenvalue weighted by atomic mass is 79.9. The molecular formula is C8H12BrN3O. The number of alkyl halides is 1. The molecule has 72 valence electrons. The van der Waals surface area contributed by atoms with E-state index in [-0.39, 0.29) is 5.91 Å². The number of anilines is 1. The highest BCUT2D eigenvalue weighted by molar-refractivity contribution is 9.09. The molecule has 0 aliphatic heterocycles. The van der Waals surface area contributed by atoms with Gasteiger partial charge in [0.25, 0.3) is 0 Å². The molecule has 1 amide bonds. The number of hydrogen-bond acceptors (Lipinski definition) is 2. The van der Waals surface area contributed by atoms with Gasteiger partial charge in [0.1, 0.15) is 0 Å². The van der Waals surface area contributed by atoms with Crippen molar-refractivity contribution in [3.8, 4) is 0 Å². The maximum Gasteiger partial charge on any atom is 0.235 e. The van der Waals surface area contributed by atoms with Crippen LogP contribution in [0.15, 0.2) is 6.20 Å². The third kappa shape index (κ3) is 2.55. The Morgan fingerprint density at radius 3 is 3.00 bits per heavy atom. The number of nitrogens with one attached hydrogen (secondary N) is 1. The molecule has 0 saturated heterocycles. The maximum atomic E-state index is 11.1. The van der Waals surface area contributed by atoms with Crippen molar-refractivity contribution in [1.29, 1.82) is 0 Å². The van der Waals surface area contributed by atoms with E-state index in [2.05, 4.69) is 26.3 Å². The van der Waals surface area contributed by atoms with Gasteiger partial charge in [0.2, 0.25) is 5.91 Å². The maximum absolute atomic E-state index is 11.1. The summed E-state index contributed by atoms with van der Waals surface area (Å²) in [5, 5.41) is 7.28. The van der Waals surface area contributed by atoms with Crippen molar-refractivity contribution in [2.75, 3.05) is 10.6 Å². The molecule has 1 aromatic heterocycles. The number of halogens is 1. The van der Waals surface area contributed by atoms with Gasteiger partial charge in [0.15, 0.2) is 0 Å². The van der Waals surface area contributed by atoms with Gasteiger partial charge in [0.05, 0.1) is 16.7 Å². The lowest BCUT2D eigenvalue weighted by molar-refractivity contribution is -0.113. The molecule has 0 saturated carbocycles. The molecule has 0 unspecified atom stereocenters. The molecular weight excluding hydrogens is 234 g/mol. The van der Waals surface area contributed by atoms with E-state index in [1.807, 2.05) is 14.0 Å². The fraction of sp³-hybridized carbons (Fsp3) is 0.500. The van der Waals surface area contributed by atoms with Gasteiger partial charge in [-0.15, -0.1) is 0 Å².